The summed E-state index contributed by atoms with van der Waals surface area (Å²) in [6.45, 7) is 0.736. The van der Waals surface area contributed by atoms with Gasteiger partial charge in [-0.2, -0.15) is 0 Å². The van der Waals surface area contributed by atoms with E-state index in [-0.39, 0.29) is 18.2 Å². The van der Waals surface area contributed by atoms with Crippen LogP contribution in [0.4, 0.5) is 0 Å². The number of rotatable bonds is 7. The normalized spacial score (nSPS) is 10.3. The molecule has 6 nitrogen and oxygen atoms in total. The number of furan rings is 1. The van der Waals surface area contributed by atoms with Crippen LogP contribution in [-0.4, -0.2) is 25.5 Å². The number of halogens is 1. The molecule has 0 aliphatic heterocycles. The van der Waals surface area contributed by atoms with Crippen LogP contribution in [0.15, 0.2) is 45.5 Å². The highest BCUT2D eigenvalue weighted by atomic mass is 79.9. The molecule has 23 heavy (non-hydrogen) atoms. The molecule has 0 unspecified atom stereocenters. The van der Waals surface area contributed by atoms with E-state index in [0.29, 0.717) is 17.8 Å². The molecule has 0 atom stereocenters. The zero-order chi connectivity index (χ0) is 16.7. The van der Waals surface area contributed by atoms with Crippen molar-refractivity contribution in [2.45, 2.75) is 13.2 Å². The Morgan fingerprint density at radius 3 is 2.52 bits per heavy atom. The molecule has 0 radical (unpaired) electrons. The van der Waals surface area contributed by atoms with Crippen molar-refractivity contribution in [3.05, 3.63) is 58.0 Å². The summed E-state index contributed by atoms with van der Waals surface area (Å²) in [5.74, 6) is -0.572. The van der Waals surface area contributed by atoms with Crippen molar-refractivity contribution in [2.75, 3.05) is 13.7 Å². The minimum absolute atomic E-state index is 0.121. The topological polar surface area (TPSA) is 80.6 Å². The lowest BCUT2D eigenvalue weighted by atomic mass is 10.1. The Hall–Kier alpha value is -2.12. The summed E-state index contributed by atoms with van der Waals surface area (Å²) in [7, 11) is 1.62. The number of carbonyl (C=O) groups is 2. The fourth-order valence-electron chi connectivity index (χ4n) is 1.97. The van der Waals surface area contributed by atoms with E-state index in [1.807, 2.05) is 24.3 Å². The van der Waals surface area contributed by atoms with Crippen LogP contribution in [0, 0.1) is 0 Å². The van der Waals surface area contributed by atoms with Crippen molar-refractivity contribution in [3.8, 4) is 0 Å². The van der Waals surface area contributed by atoms with Gasteiger partial charge >= 0.3 is 0 Å². The van der Waals surface area contributed by atoms with Crippen molar-refractivity contribution in [3.63, 3.8) is 0 Å². The Kier molecular flexibility index (Phi) is 6.37. The van der Waals surface area contributed by atoms with Gasteiger partial charge in [-0.05, 0) is 39.2 Å². The average Bonchev–Trinajstić information content (AvgIpc) is 2.98. The Balaban J connectivity index is 1.80. The van der Waals surface area contributed by atoms with E-state index in [2.05, 4.69) is 26.6 Å². The predicted octanol–water partition coefficient (Wildman–Crippen LogP) is 2.23. The van der Waals surface area contributed by atoms with Gasteiger partial charge in [-0.25, -0.2) is 0 Å². The van der Waals surface area contributed by atoms with Gasteiger partial charge in [0.25, 0.3) is 5.91 Å². The summed E-state index contributed by atoms with van der Waals surface area (Å²) in [6.07, 6.45) is 0. The van der Waals surface area contributed by atoms with Crippen LogP contribution in [0.3, 0.4) is 0 Å². The molecule has 0 aliphatic rings. The van der Waals surface area contributed by atoms with Gasteiger partial charge in [-0.3, -0.25) is 9.59 Å². The predicted molar refractivity (Wildman–Crippen MR) is 87.7 cm³/mol. The molecule has 0 saturated heterocycles. The van der Waals surface area contributed by atoms with Gasteiger partial charge in [0.1, 0.15) is 0 Å². The molecule has 2 amide bonds. The zero-order valence-electron chi connectivity index (χ0n) is 12.6. The molecule has 2 aromatic rings. The minimum atomic E-state index is -0.439. The van der Waals surface area contributed by atoms with Crippen LogP contribution < -0.4 is 10.6 Å². The van der Waals surface area contributed by atoms with E-state index >= 15 is 0 Å². The maximum absolute atomic E-state index is 11.8. The number of nitrogens with one attached hydrogen (secondary N) is 2. The Morgan fingerprint density at radius 2 is 1.87 bits per heavy atom. The van der Waals surface area contributed by atoms with Gasteiger partial charge in [0, 0.05) is 13.7 Å². The second-order valence-corrected chi connectivity index (χ2v) is 5.55. The maximum atomic E-state index is 11.8. The molecule has 0 saturated carbocycles. The molecule has 1 heterocycles. The van der Waals surface area contributed by atoms with Crippen LogP contribution in [0.2, 0.25) is 0 Å². The number of benzene rings is 1. The zero-order valence-corrected chi connectivity index (χ0v) is 14.2. The van der Waals surface area contributed by atoms with E-state index in [0.717, 1.165) is 11.1 Å². The third-order valence-electron chi connectivity index (χ3n) is 3.10. The second-order valence-electron chi connectivity index (χ2n) is 4.76. The third-order valence-corrected chi connectivity index (χ3v) is 3.53. The number of methoxy groups -OCH3 is 1. The van der Waals surface area contributed by atoms with E-state index in [1.54, 1.807) is 13.2 Å². The standard InChI is InChI=1S/C16H17BrN2O4/c1-22-10-12-5-3-2-4-11(12)8-18-15(20)9-19-16(21)13-6-7-14(17)23-13/h2-7H,8-10H2,1H3,(H,18,20)(H,19,21). The average molecular weight is 381 g/mol. The number of hydrogen-bond donors (Lipinski definition) is 2. The Labute approximate surface area is 142 Å². The molecule has 1 aromatic carbocycles. The molecule has 122 valence electrons. The first-order valence-electron chi connectivity index (χ1n) is 6.96. The molecule has 0 bridgehead atoms. The smallest absolute Gasteiger partial charge is 0.287 e. The van der Waals surface area contributed by atoms with Crippen molar-refractivity contribution >= 4 is 27.7 Å². The van der Waals surface area contributed by atoms with E-state index < -0.39 is 5.91 Å². The fraction of sp³-hybridized carbons (Fsp3) is 0.250. The lowest BCUT2D eigenvalue weighted by molar-refractivity contribution is -0.120. The van der Waals surface area contributed by atoms with E-state index in [4.69, 9.17) is 9.15 Å². The Morgan fingerprint density at radius 1 is 1.13 bits per heavy atom. The summed E-state index contributed by atoms with van der Waals surface area (Å²) < 4.78 is 10.7. The first-order valence-corrected chi connectivity index (χ1v) is 7.75. The van der Waals surface area contributed by atoms with E-state index in [1.165, 1.54) is 6.07 Å². The first kappa shape index (κ1) is 17.2. The van der Waals surface area contributed by atoms with Gasteiger partial charge in [0.15, 0.2) is 10.4 Å². The van der Waals surface area contributed by atoms with Crippen LogP contribution >= 0.6 is 15.9 Å². The molecule has 2 rings (SSSR count). The maximum Gasteiger partial charge on any atom is 0.287 e. The molecule has 7 heteroatoms. The molecule has 0 aliphatic carbocycles. The summed E-state index contributed by atoms with van der Waals surface area (Å²) in [4.78, 5) is 23.6. The summed E-state index contributed by atoms with van der Waals surface area (Å²) in [5.41, 5.74) is 1.99. The van der Waals surface area contributed by atoms with Crippen LogP contribution in [0.25, 0.3) is 0 Å². The van der Waals surface area contributed by atoms with E-state index in [9.17, 15) is 9.59 Å². The van der Waals surface area contributed by atoms with Crippen molar-refractivity contribution < 1.29 is 18.7 Å². The highest BCUT2D eigenvalue weighted by Gasteiger charge is 2.12. The van der Waals surface area contributed by atoms with Crippen LogP contribution in [0.1, 0.15) is 21.7 Å². The SMILES string of the molecule is COCc1ccccc1CNC(=O)CNC(=O)c1ccc(Br)o1. The van der Waals surface area contributed by atoms with Gasteiger partial charge in [0.05, 0.1) is 13.2 Å². The Bertz CT molecular complexity index is 684. The first-order chi connectivity index (χ1) is 11.1. The van der Waals surface area contributed by atoms with Crippen molar-refractivity contribution in [1.82, 2.24) is 10.6 Å². The number of ether oxygens (including phenoxy) is 1. The minimum Gasteiger partial charge on any atom is -0.444 e. The number of hydrogen-bond acceptors (Lipinski definition) is 4. The van der Waals surface area contributed by atoms with Gasteiger partial charge in [-0.15, -0.1) is 0 Å². The summed E-state index contributed by atoms with van der Waals surface area (Å²) >= 11 is 3.11. The fourth-order valence-corrected chi connectivity index (χ4v) is 2.27. The molecule has 0 fully saturated rings. The lowest BCUT2D eigenvalue weighted by Crippen LogP contribution is -2.36. The van der Waals surface area contributed by atoms with Crippen LogP contribution in [0.5, 0.6) is 0 Å². The van der Waals surface area contributed by atoms with Gasteiger partial charge < -0.3 is 19.8 Å². The second kappa shape index (κ2) is 8.50. The number of amides is 2. The molecule has 2 N–H and O–H groups in total. The van der Waals surface area contributed by atoms with Gasteiger partial charge in [-0.1, -0.05) is 24.3 Å². The van der Waals surface area contributed by atoms with Crippen molar-refractivity contribution in [2.24, 2.45) is 0 Å². The van der Waals surface area contributed by atoms with Crippen molar-refractivity contribution in [1.29, 1.82) is 0 Å². The van der Waals surface area contributed by atoms with Gasteiger partial charge in [0.2, 0.25) is 5.91 Å². The highest BCUT2D eigenvalue weighted by molar-refractivity contribution is 9.10. The lowest BCUT2D eigenvalue weighted by Gasteiger charge is -2.10. The molecular formula is C16H17BrN2O4. The molecule has 0 spiro atoms. The summed E-state index contributed by atoms with van der Waals surface area (Å²) in [5, 5.41) is 5.26. The quantitative estimate of drug-likeness (QED) is 0.771. The third kappa shape index (κ3) is 5.22. The molecular weight excluding hydrogens is 364 g/mol. The monoisotopic (exact) mass is 380 g/mol. The largest absolute Gasteiger partial charge is 0.444 e. The van der Waals surface area contributed by atoms with Crippen LogP contribution in [-0.2, 0) is 22.7 Å². The summed E-state index contributed by atoms with van der Waals surface area (Å²) in [6, 6.07) is 10.8. The molecule has 1 aromatic heterocycles. The number of carbonyl (C=O) groups excluding carboxylic acids is 2. The highest BCUT2D eigenvalue weighted by Crippen LogP contribution is 2.13.